The Morgan fingerprint density at radius 3 is 2.69 bits per heavy atom. The van der Waals surface area contributed by atoms with Gasteiger partial charge < -0.3 is 9.84 Å². The Bertz CT molecular complexity index is 353. The van der Waals surface area contributed by atoms with Gasteiger partial charge in [0.05, 0.1) is 25.3 Å². The van der Waals surface area contributed by atoms with Crippen molar-refractivity contribution in [3.05, 3.63) is 28.8 Å². The average Bonchev–Trinajstić information content (AvgIpc) is 2.17. The standard InChI is InChI=1S/C10H11NO2/c1-7-9(5-11)8(6-12)3-4-10(7)13-2/h3-4,12H,6H2,1-2H3. The van der Waals surface area contributed by atoms with Crippen molar-refractivity contribution >= 4 is 0 Å². The van der Waals surface area contributed by atoms with E-state index in [1.54, 1.807) is 26.2 Å². The Hall–Kier alpha value is -1.53. The zero-order valence-electron chi connectivity index (χ0n) is 7.66. The highest BCUT2D eigenvalue weighted by atomic mass is 16.5. The molecule has 0 aromatic heterocycles. The number of aliphatic hydroxyl groups excluding tert-OH is 1. The van der Waals surface area contributed by atoms with Gasteiger partial charge in [-0.05, 0) is 18.6 Å². The summed E-state index contributed by atoms with van der Waals surface area (Å²) in [6.07, 6.45) is 0. The van der Waals surface area contributed by atoms with Gasteiger partial charge in [-0.25, -0.2) is 0 Å². The summed E-state index contributed by atoms with van der Waals surface area (Å²) in [4.78, 5) is 0. The maximum absolute atomic E-state index is 8.95. The van der Waals surface area contributed by atoms with Crippen LogP contribution in [-0.4, -0.2) is 12.2 Å². The van der Waals surface area contributed by atoms with Crippen LogP contribution in [0.25, 0.3) is 0 Å². The van der Waals surface area contributed by atoms with E-state index in [4.69, 9.17) is 15.1 Å². The monoisotopic (exact) mass is 177 g/mol. The normalized spacial score (nSPS) is 9.38. The lowest BCUT2D eigenvalue weighted by Gasteiger charge is -2.08. The Kier molecular flexibility index (Phi) is 2.88. The van der Waals surface area contributed by atoms with Crippen molar-refractivity contribution in [3.8, 4) is 11.8 Å². The maximum Gasteiger partial charge on any atom is 0.123 e. The first-order valence-corrected chi connectivity index (χ1v) is 3.92. The molecular formula is C10H11NO2. The fraction of sp³-hybridized carbons (Fsp3) is 0.300. The summed E-state index contributed by atoms with van der Waals surface area (Å²) in [6.45, 7) is 1.68. The molecule has 0 fully saturated rings. The Balaban J connectivity index is 3.34. The molecule has 3 nitrogen and oxygen atoms in total. The van der Waals surface area contributed by atoms with Crippen LogP contribution in [0.5, 0.6) is 5.75 Å². The molecule has 0 bridgehead atoms. The Morgan fingerprint density at radius 2 is 2.23 bits per heavy atom. The summed E-state index contributed by atoms with van der Waals surface area (Å²) >= 11 is 0. The molecule has 0 saturated carbocycles. The zero-order valence-corrected chi connectivity index (χ0v) is 7.66. The second-order valence-corrected chi connectivity index (χ2v) is 2.70. The van der Waals surface area contributed by atoms with E-state index in [0.29, 0.717) is 16.9 Å². The van der Waals surface area contributed by atoms with Crippen LogP contribution >= 0.6 is 0 Å². The molecule has 68 valence electrons. The smallest absolute Gasteiger partial charge is 0.123 e. The molecular weight excluding hydrogens is 166 g/mol. The van der Waals surface area contributed by atoms with Crippen LogP contribution in [0.4, 0.5) is 0 Å². The van der Waals surface area contributed by atoms with Gasteiger partial charge >= 0.3 is 0 Å². The molecule has 0 saturated heterocycles. The van der Waals surface area contributed by atoms with Gasteiger partial charge in [-0.3, -0.25) is 0 Å². The zero-order chi connectivity index (χ0) is 9.84. The van der Waals surface area contributed by atoms with Gasteiger partial charge in [-0.15, -0.1) is 0 Å². The summed E-state index contributed by atoms with van der Waals surface area (Å²) in [5, 5.41) is 17.8. The highest BCUT2D eigenvalue weighted by Crippen LogP contribution is 2.23. The molecule has 0 atom stereocenters. The van der Waals surface area contributed by atoms with Crippen molar-refractivity contribution in [1.82, 2.24) is 0 Å². The first-order valence-electron chi connectivity index (χ1n) is 3.92. The minimum absolute atomic E-state index is 0.117. The van der Waals surface area contributed by atoms with E-state index in [2.05, 4.69) is 0 Å². The van der Waals surface area contributed by atoms with Gasteiger partial charge in [0.15, 0.2) is 0 Å². The Morgan fingerprint density at radius 1 is 1.54 bits per heavy atom. The van der Waals surface area contributed by atoms with Gasteiger partial charge in [-0.1, -0.05) is 6.07 Å². The van der Waals surface area contributed by atoms with Crippen LogP contribution in [0.1, 0.15) is 16.7 Å². The summed E-state index contributed by atoms with van der Waals surface area (Å²) in [6, 6.07) is 5.50. The molecule has 0 unspecified atom stereocenters. The van der Waals surface area contributed by atoms with Crippen molar-refractivity contribution in [3.63, 3.8) is 0 Å². The fourth-order valence-electron chi connectivity index (χ4n) is 1.26. The van der Waals surface area contributed by atoms with Crippen molar-refractivity contribution in [1.29, 1.82) is 5.26 Å². The molecule has 0 aliphatic heterocycles. The molecule has 0 spiro atoms. The fourth-order valence-corrected chi connectivity index (χ4v) is 1.26. The van der Waals surface area contributed by atoms with Crippen molar-refractivity contribution in [2.45, 2.75) is 13.5 Å². The average molecular weight is 177 g/mol. The molecule has 0 amide bonds. The van der Waals surface area contributed by atoms with E-state index in [1.165, 1.54) is 0 Å². The SMILES string of the molecule is COc1ccc(CO)c(C#N)c1C. The molecule has 1 aromatic carbocycles. The third-order valence-corrected chi connectivity index (χ3v) is 2.00. The Labute approximate surface area is 77.2 Å². The lowest BCUT2D eigenvalue weighted by atomic mass is 10.0. The van der Waals surface area contributed by atoms with Crippen LogP contribution in [0, 0.1) is 18.3 Å². The number of ether oxygens (including phenoxy) is 1. The van der Waals surface area contributed by atoms with E-state index < -0.39 is 0 Å². The number of hydrogen-bond acceptors (Lipinski definition) is 3. The first kappa shape index (κ1) is 9.56. The topological polar surface area (TPSA) is 53.2 Å². The quantitative estimate of drug-likeness (QED) is 0.742. The van der Waals surface area contributed by atoms with Crippen molar-refractivity contribution < 1.29 is 9.84 Å². The lowest BCUT2D eigenvalue weighted by Crippen LogP contribution is -1.96. The van der Waals surface area contributed by atoms with Crippen LogP contribution in [-0.2, 0) is 6.61 Å². The molecule has 1 rings (SSSR count). The third-order valence-electron chi connectivity index (χ3n) is 2.00. The summed E-state index contributed by atoms with van der Waals surface area (Å²) in [7, 11) is 1.56. The van der Waals surface area contributed by atoms with Gasteiger partial charge in [0.1, 0.15) is 5.75 Å². The number of nitriles is 1. The number of methoxy groups -OCH3 is 1. The van der Waals surface area contributed by atoms with E-state index in [1.807, 2.05) is 6.07 Å². The molecule has 0 radical (unpaired) electrons. The number of aliphatic hydroxyl groups is 1. The van der Waals surface area contributed by atoms with E-state index in [-0.39, 0.29) is 6.61 Å². The number of benzene rings is 1. The van der Waals surface area contributed by atoms with Gasteiger partial charge in [0.25, 0.3) is 0 Å². The molecule has 3 heteroatoms. The highest BCUT2D eigenvalue weighted by Gasteiger charge is 2.08. The number of hydrogen-bond donors (Lipinski definition) is 1. The van der Waals surface area contributed by atoms with Gasteiger partial charge in [0, 0.05) is 5.56 Å². The summed E-state index contributed by atoms with van der Waals surface area (Å²) < 4.78 is 5.05. The molecule has 0 aliphatic carbocycles. The predicted octanol–water partition coefficient (Wildman–Crippen LogP) is 1.37. The van der Waals surface area contributed by atoms with Crippen LogP contribution < -0.4 is 4.74 Å². The van der Waals surface area contributed by atoms with E-state index in [0.717, 1.165) is 5.56 Å². The first-order chi connectivity index (χ1) is 6.24. The number of nitrogens with zero attached hydrogens (tertiary/aromatic N) is 1. The van der Waals surface area contributed by atoms with Crippen LogP contribution in [0.2, 0.25) is 0 Å². The van der Waals surface area contributed by atoms with Gasteiger partial charge in [-0.2, -0.15) is 5.26 Å². The second kappa shape index (κ2) is 3.92. The van der Waals surface area contributed by atoms with Crippen molar-refractivity contribution in [2.75, 3.05) is 7.11 Å². The largest absolute Gasteiger partial charge is 0.496 e. The minimum atomic E-state index is -0.117. The third kappa shape index (κ3) is 1.63. The maximum atomic E-state index is 8.95. The van der Waals surface area contributed by atoms with E-state index in [9.17, 15) is 0 Å². The molecule has 0 heterocycles. The lowest BCUT2D eigenvalue weighted by molar-refractivity contribution is 0.281. The van der Waals surface area contributed by atoms with Gasteiger partial charge in [0.2, 0.25) is 0 Å². The minimum Gasteiger partial charge on any atom is -0.496 e. The summed E-state index contributed by atoms with van der Waals surface area (Å²) in [5.74, 6) is 0.675. The molecule has 1 N–H and O–H groups in total. The van der Waals surface area contributed by atoms with E-state index >= 15 is 0 Å². The molecule has 1 aromatic rings. The predicted molar refractivity (Wildman–Crippen MR) is 48.4 cm³/mol. The highest BCUT2D eigenvalue weighted by molar-refractivity contribution is 5.50. The molecule has 0 aliphatic rings. The number of rotatable bonds is 2. The summed E-state index contributed by atoms with van der Waals surface area (Å²) in [5.41, 5.74) is 1.92. The molecule has 13 heavy (non-hydrogen) atoms. The van der Waals surface area contributed by atoms with Crippen LogP contribution in [0.3, 0.4) is 0 Å². The van der Waals surface area contributed by atoms with Crippen LogP contribution in [0.15, 0.2) is 12.1 Å². The van der Waals surface area contributed by atoms with Crippen molar-refractivity contribution in [2.24, 2.45) is 0 Å². The second-order valence-electron chi connectivity index (χ2n) is 2.70.